The second kappa shape index (κ2) is 7.49. The first-order valence-electron chi connectivity index (χ1n) is 7.89. The molecule has 0 unspecified atom stereocenters. The van der Waals surface area contributed by atoms with Gasteiger partial charge in [-0.3, -0.25) is 14.2 Å². The van der Waals surface area contributed by atoms with Crippen molar-refractivity contribution in [1.82, 2.24) is 9.55 Å². The van der Waals surface area contributed by atoms with Gasteiger partial charge < -0.3 is 4.74 Å². The Kier molecular flexibility index (Phi) is 5.14. The Morgan fingerprint density at radius 3 is 2.64 bits per heavy atom. The highest BCUT2D eigenvalue weighted by molar-refractivity contribution is 6.30. The summed E-state index contributed by atoms with van der Waals surface area (Å²) in [4.78, 5) is 28.8. The van der Waals surface area contributed by atoms with Gasteiger partial charge in [0.2, 0.25) is 0 Å². The number of aromatic nitrogens is 2. The smallest absolute Gasteiger partial charge is 0.306 e. The monoisotopic (exact) mass is 356 g/mol. The first-order valence-corrected chi connectivity index (χ1v) is 8.27. The van der Waals surface area contributed by atoms with E-state index in [-0.39, 0.29) is 24.6 Å². The molecule has 0 aliphatic rings. The normalized spacial score (nSPS) is 10.8. The van der Waals surface area contributed by atoms with Gasteiger partial charge in [0.05, 0.1) is 17.3 Å². The van der Waals surface area contributed by atoms with Crippen LogP contribution >= 0.6 is 11.6 Å². The summed E-state index contributed by atoms with van der Waals surface area (Å²) in [6.07, 6.45) is 0.502. The largest absolute Gasteiger partial charge is 0.461 e. The lowest BCUT2D eigenvalue weighted by Gasteiger charge is -2.09. The Morgan fingerprint density at radius 1 is 1.16 bits per heavy atom. The van der Waals surface area contributed by atoms with Crippen molar-refractivity contribution in [3.8, 4) is 0 Å². The van der Waals surface area contributed by atoms with Gasteiger partial charge in [-0.1, -0.05) is 35.9 Å². The van der Waals surface area contributed by atoms with Crippen molar-refractivity contribution >= 4 is 28.5 Å². The maximum atomic E-state index is 12.3. The summed E-state index contributed by atoms with van der Waals surface area (Å²) in [5.74, 6) is 0.226. The van der Waals surface area contributed by atoms with Crippen molar-refractivity contribution in [2.75, 3.05) is 0 Å². The van der Waals surface area contributed by atoms with Gasteiger partial charge in [-0.15, -0.1) is 0 Å². The van der Waals surface area contributed by atoms with Crippen LogP contribution in [0.5, 0.6) is 0 Å². The van der Waals surface area contributed by atoms with E-state index in [1.807, 2.05) is 18.2 Å². The maximum absolute atomic E-state index is 12.3. The van der Waals surface area contributed by atoms with Gasteiger partial charge in [0.25, 0.3) is 5.56 Å². The van der Waals surface area contributed by atoms with Gasteiger partial charge >= 0.3 is 5.97 Å². The third-order valence-corrected chi connectivity index (χ3v) is 4.19. The fourth-order valence-corrected chi connectivity index (χ4v) is 2.64. The highest BCUT2D eigenvalue weighted by Crippen LogP contribution is 2.11. The lowest BCUT2D eigenvalue weighted by atomic mass is 10.2. The van der Waals surface area contributed by atoms with Gasteiger partial charge in [-0.05, 0) is 29.8 Å². The molecular formula is C19H17ClN2O3. The minimum absolute atomic E-state index is 0.116. The average molecular weight is 357 g/mol. The molecule has 1 aromatic heterocycles. The zero-order valence-electron chi connectivity index (χ0n) is 13.7. The van der Waals surface area contributed by atoms with E-state index in [1.54, 1.807) is 37.4 Å². The lowest BCUT2D eigenvalue weighted by Crippen LogP contribution is -2.23. The molecule has 0 aliphatic carbocycles. The van der Waals surface area contributed by atoms with Crippen molar-refractivity contribution in [2.24, 2.45) is 7.05 Å². The Labute approximate surface area is 149 Å². The van der Waals surface area contributed by atoms with Crippen LogP contribution < -0.4 is 5.56 Å². The van der Waals surface area contributed by atoms with Gasteiger partial charge in [0.1, 0.15) is 12.4 Å². The Hall–Kier alpha value is -2.66. The fourth-order valence-electron chi connectivity index (χ4n) is 2.52. The Morgan fingerprint density at radius 2 is 1.88 bits per heavy atom. The zero-order valence-corrected chi connectivity index (χ0v) is 14.5. The van der Waals surface area contributed by atoms with Crippen LogP contribution in [-0.4, -0.2) is 15.5 Å². The molecule has 1 heterocycles. The molecule has 2 aromatic carbocycles. The summed E-state index contributed by atoms with van der Waals surface area (Å²) >= 11 is 5.82. The van der Waals surface area contributed by atoms with E-state index in [1.165, 1.54) is 4.57 Å². The van der Waals surface area contributed by atoms with E-state index in [2.05, 4.69) is 4.98 Å². The van der Waals surface area contributed by atoms with E-state index in [9.17, 15) is 9.59 Å². The Bertz CT molecular complexity index is 965. The summed E-state index contributed by atoms with van der Waals surface area (Å²) in [7, 11) is 1.66. The zero-order chi connectivity index (χ0) is 17.8. The number of hydrogen-bond acceptors (Lipinski definition) is 4. The number of aryl methyl sites for hydroxylation is 1. The van der Waals surface area contributed by atoms with Crippen LogP contribution in [0.3, 0.4) is 0 Å². The molecule has 0 atom stereocenters. The molecule has 3 rings (SSSR count). The van der Waals surface area contributed by atoms with E-state index >= 15 is 0 Å². The van der Waals surface area contributed by atoms with Crippen LogP contribution in [0.15, 0.2) is 53.3 Å². The summed E-state index contributed by atoms with van der Waals surface area (Å²) < 4.78 is 6.73. The Balaban J connectivity index is 1.64. The van der Waals surface area contributed by atoms with E-state index in [0.717, 1.165) is 5.56 Å². The van der Waals surface area contributed by atoms with Crippen molar-refractivity contribution in [1.29, 1.82) is 0 Å². The minimum atomic E-state index is -0.336. The number of esters is 1. The third kappa shape index (κ3) is 4.06. The van der Waals surface area contributed by atoms with Crippen LogP contribution in [0.1, 0.15) is 17.8 Å². The second-order valence-electron chi connectivity index (χ2n) is 5.70. The highest BCUT2D eigenvalue weighted by atomic mass is 35.5. The van der Waals surface area contributed by atoms with Crippen molar-refractivity contribution in [3.63, 3.8) is 0 Å². The number of carbonyl (C=O) groups is 1. The molecule has 3 aromatic rings. The van der Waals surface area contributed by atoms with Gasteiger partial charge in [0, 0.05) is 18.5 Å². The molecule has 0 amide bonds. The molecule has 0 saturated heterocycles. The third-order valence-electron chi connectivity index (χ3n) is 3.94. The highest BCUT2D eigenvalue weighted by Gasteiger charge is 2.11. The summed E-state index contributed by atoms with van der Waals surface area (Å²) in [5.41, 5.74) is 1.39. The minimum Gasteiger partial charge on any atom is -0.461 e. The van der Waals surface area contributed by atoms with Crippen molar-refractivity contribution in [2.45, 2.75) is 19.4 Å². The first kappa shape index (κ1) is 17.2. The van der Waals surface area contributed by atoms with Gasteiger partial charge in [0.15, 0.2) is 0 Å². The van der Waals surface area contributed by atoms with Crippen molar-refractivity contribution < 1.29 is 9.53 Å². The molecule has 0 spiro atoms. The quantitative estimate of drug-likeness (QED) is 0.658. The van der Waals surface area contributed by atoms with Gasteiger partial charge in [-0.2, -0.15) is 0 Å². The molecule has 0 fully saturated rings. The van der Waals surface area contributed by atoms with E-state index in [0.29, 0.717) is 28.2 Å². The maximum Gasteiger partial charge on any atom is 0.306 e. The number of hydrogen-bond donors (Lipinski definition) is 0. The predicted octanol–water partition coefficient (Wildman–Crippen LogP) is 3.26. The number of para-hydroxylation sites is 1. The van der Waals surface area contributed by atoms with E-state index in [4.69, 9.17) is 16.3 Å². The lowest BCUT2D eigenvalue weighted by molar-refractivity contribution is -0.144. The predicted molar refractivity (Wildman–Crippen MR) is 96.6 cm³/mol. The van der Waals surface area contributed by atoms with Crippen LogP contribution in [-0.2, 0) is 29.6 Å². The number of halogens is 1. The van der Waals surface area contributed by atoms with Crippen LogP contribution in [0, 0.1) is 0 Å². The summed E-state index contributed by atoms with van der Waals surface area (Å²) in [6.45, 7) is 0.195. The summed E-state index contributed by atoms with van der Waals surface area (Å²) in [5, 5.41) is 1.21. The second-order valence-corrected chi connectivity index (χ2v) is 6.13. The molecule has 0 radical (unpaired) electrons. The van der Waals surface area contributed by atoms with Crippen LogP contribution in [0.25, 0.3) is 10.9 Å². The molecular weight excluding hydrogens is 340 g/mol. The number of carbonyl (C=O) groups excluding carboxylic acids is 1. The fraction of sp³-hybridized carbons (Fsp3) is 0.211. The summed E-state index contributed by atoms with van der Waals surface area (Å²) in [6, 6.07) is 14.3. The number of ether oxygens (including phenoxy) is 1. The molecule has 0 N–H and O–H groups in total. The molecule has 25 heavy (non-hydrogen) atoms. The first-order chi connectivity index (χ1) is 12.0. The number of rotatable bonds is 5. The number of fused-ring (bicyclic) bond motifs is 1. The SMILES string of the molecule is Cn1c(CCC(=O)OCc2ccc(Cl)cc2)nc2ccccc2c1=O. The molecule has 5 nitrogen and oxygen atoms in total. The molecule has 0 aliphatic heterocycles. The topological polar surface area (TPSA) is 61.2 Å². The molecule has 0 bridgehead atoms. The average Bonchev–Trinajstić information content (AvgIpc) is 2.63. The standard InChI is InChI=1S/C19H17ClN2O3/c1-22-17(21-16-5-3-2-4-15(16)19(22)24)10-11-18(23)25-12-13-6-8-14(20)9-7-13/h2-9H,10-12H2,1H3. The molecule has 6 heteroatoms. The van der Waals surface area contributed by atoms with E-state index < -0.39 is 0 Å². The van der Waals surface area contributed by atoms with Crippen LogP contribution in [0.4, 0.5) is 0 Å². The molecule has 0 saturated carbocycles. The molecule has 128 valence electrons. The van der Waals surface area contributed by atoms with Crippen LogP contribution in [0.2, 0.25) is 5.02 Å². The number of benzene rings is 2. The van der Waals surface area contributed by atoms with Gasteiger partial charge in [-0.25, -0.2) is 4.98 Å². The van der Waals surface area contributed by atoms with Crippen molar-refractivity contribution in [3.05, 3.63) is 75.3 Å². The number of nitrogens with zero attached hydrogens (tertiary/aromatic N) is 2.